The molecule has 0 unspecified atom stereocenters. The van der Waals surface area contributed by atoms with E-state index < -0.39 is 0 Å². The van der Waals surface area contributed by atoms with Crippen LogP contribution >= 0.6 is 0 Å². The van der Waals surface area contributed by atoms with Crippen LogP contribution in [0.25, 0.3) is 11.0 Å². The van der Waals surface area contributed by atoms with E-state index in [2.05, 4.69) is 53.7 Å². The number of methoxy groups -OCH3 is 1. The van der Waals surface area contributed by atoms with Gasteiger partial charge in [0, 0.05) is 37.2 Å². The number of benzene rings is 2. The number of fused-ring (bicyclic) bond motifs is 1. The maximum Gasteiger partial charge on any atom is 0.337 e. The largest absolute Gasteiger partial charge is 0.474 e. The fourth-order valence-electron chi connectivity index (χ4n) is 6.62. The number of ether oxygens (including phenoxy) is 2. The number of piperidine rings is 1. The number of carbonyl (C=O) groups is 1. The molecule has 0 N–H and O–H groups in total. The Morgan fingerprint density at radius 3 is 2.66 bits per heavy atom. The van der Waals surface area contributed by atoms with E-state index in [1.54, 1.807) is 6.07 Å². The third kappa shape index (κ3) is 6.89. The summed E-state index contributed by atoms with van der Waals surface area (Å²) in [6.45, 7) is 7.64. The van der Waals surface area contributed by atoms with E-state index in [0.717, 1.165) is 100 Å². The Bertz CT molecular complexity index is 1630. The zero-order valence-corrected chi connectivity index (χ0v) is 26.3. The number of nitrogens with zero attached hydrogens (tertiary/aromatic N) is 5. The second-order valence-electron chi connectivity index (χ2n) is 12.9. The summed E-state index contributed by atoms with van der Waals surface area (Å²) in [7, 11) is 1.40. The minimum Gasteiger partial charge on any atom is -0.474 e. The van der Waals surface area contributed by atoms with Gasteiger partial charge in [-0.2, -0.15) is 5.26 Å². The van der Waals surface area contributed by atoms with Gasteiger partial charge in [-0.3, -0.25) is 4.90 Å². The number of likely N-dealkylation sites (tertiary alicyclic amines) is 1. The Labute approximate surface area is 260 Å². The SMILES string of the molecule is COC(=O)c1ccc2nc(CN3CCC(OC4=CCCC(CCc5ccc(C)cc5C)=N4)CC3)n(CC3(CC#N)CC3)c2c1. The Kier molecular flexibility index (Phi) is 8.86. The summed E-state index contributed by atoms with van der Waals surface area (Å²) in [6.07, 6.45) is 10.8. The second-order valence-corrected chi connectivity index (χ2v) is 12.9. The van der Waals surface area contributed by atoms with Crippen molar-refractivity contribution in [3.8, 4) is 6.07 Å². The van der Waals surface area contributed by atoms with Crippen molar-refractivity contribution in [3.63, 3.8) is 0 Å². The molecule has 3 aromatic rings. The number of hydrogen-bond donors (Lipinski definition) is 0. The highest BCUT2D eigenvalue weighted by Gasteiger charge is 2.43. The van der Waals surface area contributed by atoms with Crippen molar-refractivity contribution in [2.24, 2.45) is 10.4 Å². The van der Waals surface area contributed by atoms with Gasteiger partial charge in [-0.05, 0) is 101 Å². The quantitative estimate of drug-likeness (QED) is 0.227. The van der Waals surface area contributed by atoms with Crippen molar-refractivity contribution in [3.05, 3.63) is 76.4 Å². The molecule has 3 aliphatic rings. The van der Waals surface area contributed by atoms with Crippen LogP contribution in [-0.2, 0) is 29.0 Å². The molecule has 0 bridgehead atoms. The van der Waals surface area contributed by atoms with E-state index in [1.165, 1.54) is 29.5 Å². The first-order chi connectivity index (χ1) is 21.3. The molecule has 2 fully saturated rings. The summed E-state index contributed by atoms with van der Waals surface area (Å²) < 4.78 is 13.6. The summed E-state index contributed by atoms with van der Waals surface area (Å²) in [5, 5.41) is 9.44. The Hall–Kier alpha value is -3.96. The summed E-state index contributed by atoms with van der Waals surface area (Å²) in [4.78, 5) is 24.6. The van der Waals surface area contributed by atoms with Gasteiger partial charge in [-0.25, -0.2) is 14.8 Å². The van der Waals surface area contributed by atoms with Gasteiger partial charge < -0.3 is 14.0 Å². The van der Waals surface area contributed by atoms with Crippen LogP contribution in [-0.4, -0.2) is 52.4 Å². The van der Waals surface area contributed by atoms with Crippen molar-refractivity contribution in [1.82, 2.24) is 14.5 Å². The minimum absolute atomic E-state index is 0.00525. The molecule has 3 heterocycles. The maximum atomic E-state index is 12.3. The highest BCUT2D eigenvalue weighted by molar-refractivity contribution is 5.93. The summed E-state index contributed by atoms with van der Waals surface area (Å²) in [5.41, 5.74) is 7.62. The molecule has 8 nitrogen and oxygen atoms in total. The van der Waals surface area contributed by atoms with E-state index in [0.29, 0.717) is 12.0 Å². The normalized spacial score (nSPS) is 18.4. The number of aromatic nitrogens is 2. The first-order valence-corrected chi connectivity index (χ1v) is 16.0. The van der Waals surface area contributed by atoms with E-state index in [1.807, 2.05) is 12.1 Å². The number of aryl methyl sites for hydroxylation is 3. The number of carbonyl (C=O) groups excluding carboxylic acids is 1. The lowest BCUT2D eigenvalue weighted by Crippen LogP contribution is -2.37. The first-order valence-electron chi connectivity index (χ1n) is 16.0. The van der Waals surface area contributed by atoms with Gasteiger partial charge in [-0.15, -0.1) is 0 Å². The van der Waals surface area contributed by atoms with Crippen molar-refractivity contribution in [2.75, 3.05) is 20.2 Å². The van der Waals surface area contributed by atoms with Crippen LogP contribution in [0.1, 0.15) is 84.2 Å². The van der Waals surface area contributed by atoms with E-state index in [4.69, 9.17) is 19.5 Å². The Morgan fingerprint density at radius 1 is 1.11 bits per heavy atom. The van der Waals surface area contributed by atoms with Crippen LogP contribution in [0.15, 0.2) is 53.3 Å². The summed E-state index contributed by atoms with van der Waals surface area (Å²) in [5.74, 6) is 1.42. The molecule has 0 radical (unpaired) electrons. The van der Waals surface area contributed by atoms with Crippen LogP contribution in [0.4, 0.5) is 0 Å². The molecule has 0 spiro atoms. The zero-order chi connectivity index (χ0) is 30.7. The van der Waals surface area contributed by atoms with Gasteiger partial charge in [0.2, 0.25) is 5.88 Å². The minimum atomic E-state index is -0.354. The molecular formula is C36H43N5O3. The number of nitriles is 1. The fourth-order valence-corrected chi connectivity index (χ4v) is 6.62. The van der Waals surface area contributed by atoms with Gasteiger partial charge >= 0.3 is 5.97 Å². The van der Waals surface area contributed by atoms with E-state index in [9.17, 15) is 10.1 Å². The van der Waals surface area contributed by atoms with Gasteiger partial charge in [0.15, 0.2) is 0 Å². The molecule has 2 aliphatic heterocycles. The topological polar surface area (TPSA) is 92.7 Å². The molecule has 230 valence electrons. The third-order valence-electron chi connectivity index (χ3n) is 9.54. The smallest absolute Gasteiger partial charge is 0.337 e. The zero-order valence-electron chi connectivity index (χ0n) is 26.3. The lowest BCUT2D eigenvalue weighted by atomic mass is 9.98. The molecular weight excluding hydrogens is 550 g/mol. The van der Waals surface area contributed by atoms with E-state index >= 15 is 0 Å². The summed E-state index contributed by atoms with van der Waals surface area (Å²) >= 11 is 0. The molecule has 0 atom stereocenters. The maximum absolute atomic E-state index is 12.3. The Morgan fingerprint density at radius 2 is 1.93 bits per heavy atom. The predicted molar refractivity (Wildman–Crippen MR) is 171 cm³/mol. The van der Waals surface area contributed by atoms with Gasteiger partial charge in [0.1, 0.15) is 11.9 Å². The van der Waals surface area contributed by atoms with Crippen molar-refractivity contribution in [1.29, 1.82) is 5.26 Å². The number of rotatable bonds is 11. The number of esters is 1. The number of imidazole rings is 1. The van der Waals surface area contributed by atoms with Crippen LogP contribution in [0.5, 0.6) is 0 Å². The highest BCUT2D eigenvalue weighted by atomic mass is 16.5. The molecule has 2 aromatic carbocycles. The van der Waals surface area contributed by atoms with Crippen molar-refractivity contribution >= 4 is 22.7 Å². The molecule has 1 saturated heterocycles. The van der Waals surface area contributed by atoms with Crippen LogP contribution < -0.4 is 0 Å². The van der Waals surface area contributed by atoms with Crippen molar-refractivity contribution < 1.29 is 14.3 Å². The fraction of sp³-hybridized carbons (Fsp3) is 0.500. The predicted octanol–water partition coefficient (Wildman–Crippen LogP) is 6.82. The van der Waals surface area contributed by atoms with Gasteiger partial charge in [0.25, 0.3) is 0 Å². The third-order valence-corrected chi connectivity index (χ3v) is 9.54. The standard InChI is InChI=1S/C36H43N5O3/c1-25-7-8-27(26(2)21-25)9-11-29-5-4-6-34(38-29)44-30-13-19-40(20-14-30)23-33-39-31-12-10-28(35(42)43-3)22-32(31)41(33)24-36(15-16-36)17-18-37/h6-8,10,12,21-22,30H,4-5,9,11,13-17,19-20,23-24H2,1-3H3. The number of hydrogen-bond acceptors (Lipinski definition) is 7. The second kappa shape index (κ2) is 13.0. The average Bonchev–Trinajstić information content (AvgIpc) is 3.71. The lowest BCUT2D eigenvalue weighted by molar-refractivity contribution is 0.0450. The molecule has 6 rings (SSSR count). The monoisotopic (exact) mass is 593 g/mol. The number of aliphatic imine (C=N–C) groups is 1. The molecule has 44 heavy (non-hydrogen) atoms. The highest BCUT2D eigenvalue weighted by Crippen LogP contribution is 2.50. The van der Waals surface area contributed by atoms with Crippen LogP contribution in [0, 0.1) is 30.6 Å². The summed E-state index contributed by atoms with van der Waals surface area (Å²) in [6, 6.07) is 14.6. The molecule has 8 heteroatoms. The van der Waals surface area contributed by atoms with Gasteiger partial charge in [0.05, 0.1) is 36.3 Å². The lowest BCUT2D eigenvalue weighted by Gasteiger charge is -2.32. The molecule has 1 aliphatic carbocycles. The molecule has 0 amide bonds. The first kappa shape index (κ1) is 30.1. The van der Waals surface area contributed by atoms with Crippen LogP contribution in [0.2, 0.25) is 0 Å². The van der Waals surface area contributed by atoms with Crippen LogP contribution in [0.3, 0.4) is 0 Å². The molecule has 1 aromatic heterocycles. The van der Waals surface area contributed by atoms with Crippen molar-refractivity contribution in [2.45, 2.75) is 90.8 Å². The van der Waals surface area contributed by atoms with Gasteiger partial charge in [-0.1, -0.05) is 23.8 Å². The average molecular weight is 594 g/mol. The number of allylic oxidation sites excluding steroid dienone is 1. The molecule has 1 saturated carbocycles. The Balaban J connectivity index is 1.08. The van der Waals surface area contributed by atoms with E-state index in [-0.39, 0.29) is 17.5 Å².